The van der Waals surface area contributed by atoms with E-state index in [1.807, 2.05) is 17.8 Å². The van der Waals surface area contributed by atoms with Crippen molar-refractivity contribution in [2.24, 2.45) is 12.8 Å². The van der Waals surface area contributed by atoms with E-state index in [1.54, 1.807) is 17.7 Å². The Kier molecular flexibility index (Phi) is 2.29. The lowest BCUT2D eigenvalue weighted by Crippen LogP contribution is -2.16. The van der Waals surface area contributed by atoms with E-state index in [1.165, 1.54) is 11.3 Å². The zero-order valence-electron chi connectivity index (χ0n) is 9.18. The molecule has 16 heavy (non-hydrogen) atoms. The molecule has 1 aliphatic rings. The van der Waals surface area contributed by atoms with Crippen LogP contribution in [0.4, 0.5) is 0 Å². The Balaban J connectivity index is 2.08. The van der Waals surface area contributed by atoms with Gasteiger partial charge in [-0.05, 0) is 19.3 Å². The van der Waals surface area contributed by atoms with Crippen molar-refractivity contribution in [3.05, 3.63) is 23.1 Å². The lowest BCUT2D eigenvalue weighted by Gasteiger charge is -2.15. The second-order valence-electron chi connectivity index (χ2n) is 4.22. The van der Waals surface area contributed by atoms with E-state index < -0.39 is 0 Å². The van der Waals surface area contributed by atoms with Crippen LogP contribution in [0.5, 0.6) is 0 Å². The van der Waals surface area contributed by atoms with Crippen LogP contribution in [-0.2, 0) is 13.5 Å². The molecule has 2 aromatic rings. The summed E-state index contributed by atoms with van der Waals surface area (Å²) in [5.74, 6) is 0. The summed E-state index contributed by atoms with van der Waals surface area (Å²) in [5, 5.41) is 1.04. The van der Waals surface area contributed by atoms with Crippen molar-refractivity contribution in [3.63, 3.8) is 0 Å². The molecule has 0 bridgehead atoms. The smallest absolute Gasteiger partial charge is 0.142 e. The monoisotopic (exact) mass is 234 g/mol. The van der Waals surface area contributed by atoms with Gasteiger partial charge in [-0.1, -0.05) is 0 Å². The average molecular weight is 234 g/mol. The number of fused-ring (bicyclic) bond motifs is 1. The predicted molar refractivity (Wildman–Crippen MR) is 64.2 cm³/mol. The molecule has 2 heterocycles. The molecule has 0 saturated carbocycles. The normalized spacial score (nSPS) is 19.8. The van der Waals surface area contributed by atoms with E-state index in [-0.39, 0.29) is 6.04 Å². The number of nitrogens with two attached hydrogens (primary N) is 1. The van der Waals surface area contributed by atoms with Crippen LogP contribution < -0.4 is 5.73 Å². The molecule has 5 heteroatoms. The van der Waals surface area contributed by atoms with Gasteiger partial charge in [0.1, 0.15) is 5.01 Å². The minimum atomic E-state index is 0.127. The van der Waals surface area contributed by atoms with Gasteiger partial charge in [0.2, 0.25) is 0 Å². The van der Waals surface area contributed by atoms with Gasteiger partial charge in [-0.2, -0.15) is 0 Å². The third-order valence-electron chi connectivity index (χ3n) is 3.03. The molecule has 2 N–H and O–H groups in total. The summed E-state index contributed by atoms with van der Waals surface area (Å²) in [5.41, 5.74) is 8.25. The van der Waals surface area contributed by atoms with Crippen LogP contribution >= 0.6 is 11.3 Å². The Morgan fingerprint density at radius 3 is 3.12 bits per heavy atom. The Labute approximate surface area is 98.1 Å². The molecule has 0 aromatic carbocycles. The SMILES string of the molecule is Cn1cncc1-c1nc2c(s1)CCCC2N. The van der Waals surface area contributed by atoms with Crippen LogP contribution in [0.25, 0.3) is 10.7 Å². The fourth-order valence-corrected chi connectivity index (χ4v) is 3.35. The Morgan fingerprint density at radius 2 is 2.44 bits per heavy atom. The predicted octanol–water partition coefficient (Wildman–Crippen LogP) is 1.88. The lowest BCUT2D eigenvalue weighted by molar-refractivity contribution is 0.564. The molecule has 1 aliphatic carbocycles. The molecule has 4 nitrogen and oxygen atoms in total. The molecule has 0 spiro atoms. The van der Waals surface area contributed by atoms with Crippen molar-refractivity contribution >= 4 is 11.3 Å². The summed E-state index contributed by atoms with van der Waals surface area (Å²) in [4.78, 5) is 10.1. The summed E-state index contributed by atoms with van der Waals surface area (Å²) in [7, 11) is 1.99. The highest BCUT2D eigenvalue weighted by molar-refractivity contribution is 7.15. The number of aryl methyl sites for hydroxylation is 2. The zero-order valence-corrected chi connectivity index (χ0v) is 10.00. The van der Waals surface area contributed by atoms with Gasteiger partial charge in [0.25, 0.3) is 0 Å². The summed E-state index contributed by atoms with van der Waals surface area (Å²) in [6, 6.07) is 0.127. The van der Waals surface area contributed by atoms with E-state index in [0.717, 1.165) is 29.2 Å². The van der Waals surface area contributed by atoms with Gasteiger partial charge in [0.15, 0.2) is 0 Å². The van der Waals surface area contributed by atoms with Crippen molar-refractivity contribution in [1.82, 2.24) is 14.5 Å². The highest BCUT2D eigenvalue weighted by atomic mass is 32.1. The maximum Gasteiger partial charge on any atom is 0.142 e. The van der Waals surface area contributed by atoms with Crippen molar-refractivity contribution < 1.29 is 0 Å². The molecule has 0 radical (unpaired) electrons. The van der Waals surface area contributed by atoms with Crippen LogP contribution in [-0.4, -0.2) is 14.5 Å². The topological polar surface area (TPSA) is 56.7 Å². The molecule has 84 valence electrons. The number of imidazole rings is 1. The standard InChI is InChI=1S/C11H14N4S/c1-15-6-13-5-8(15)11-14-10-7(12)3-2-4-9(10)16-11/h5-7H,2-4,12H2,1H3. The van der Waals surface area contributed by atoms with Crippen LogP contribution in [0.1, 0.15) is 29.5 Å². The summed E-state index contributed by atoms with van der Waals surface area (Å²) in [6.45, 7) is 0. The second-order valence-corrected chi connectivity index (χ2v) is 5.30. The maximum atomic E-state index is 6.07. The molecular weight excluding hydrogens is 220 g/mol. The van der Waals surface area contributed by atoms with Gasteiger partial charge in [0, 0.05) is 18.0 Å². The van der Waals surface area contributed by atoms with Crippen molar-refractivity contribution in [1.29, 1.82) is 0 Å². The first-order valence-corrected chi connectivity index (χ1v) is 6.29. The quantitative estimate of drug-likeness (QED) is 0.819. The molecule has 3 rings (SSSR count). The number of aromatic nitrogens is 3. The maximum absolute atomic E-state index is 6.07. The van der Waals surface area contributed by atoms with Gasteiger partial charge in [-0.3, -0.25) is 0 Å². The number of hydrogen-bond donors (Lipinski definition) is 1. The van der Waals surface area contributed by atoms with E-state index in [9.17, 15) is 0 Å². The minimum absolute atomic E-state index is 0.127. The van der Waals surface area contributed by atoms with E-state index in [4.69, 9.17) is 5.73 Å². The first kappa shape index (κ1) is 9.99. The number of rotatable bonds is 1. The number of thiazole rings is 1. The van der Waals surface area contributed by atoms with Gasteiger partial charge in [-0.25, -0.2) is 9.97 Å². The fourth-order valence-electron chi connectivity index (χ4n) is 2.12. The van der Waals surface area contributed by atoms with Gasteiger partial charge in [0.05, 0.1) is 23.9 Å². The summed E-state index contributed by atoms with van der Waals surface area (Å²) in [6.07, 6.45) is 7.02. The molecular formula is C11H14N4S. The third kappa shape index (κ3) is 1.47. The first-order chi connectivity index (χ1) is 7.75. The molecule has 1 unspecified atom stereocenters. The lowest BCUT2D eigenvalue weighted by atomic mass is 9.99. The molecule has 0 saturated heterocycles. The summed E-state index contributed by atoms with van der Waals surface area (Å²) < 4.78 is 2.00. The zero-order chi connectivity index (χ0) is 11.1. The van der Waals surface area contributed by atoms with E-state index >= 15 is 0 Å². The minimum Gasteiger partial charge on any atom is -0.332 e. The number of nitrogens with zero attached hydrogens (tertiary/aromatic N) is 3. The van der Waals surface area contributed by atoms with Gasteiger partial charge < -0.3 is 10.3 Å². The van der Waals surface area contributed by atoms with Gasteiger partial charge >= 0.3 is 0 Å². The largest absolute Gasteiger partial charge is 0.332 e. The van der Waals surface area contributed by atoms with Crippen LogP contribution in [0.3, 0.4) is 0 Å². The molecule has 0 amide bonds. The van der Waals surface area contributed by atoms with Crippen molar-refractivity contribution in [3.8, 4) is 10.7 Å². The summed E-state index contributed by atoms with van der Waals surface area (Å²) >= 11 is 1.76. The molecule has 2 aromatic heterocycles. The Morgan fingerprint density at radius 1 is 1.56 bits per heavy atom. The third-order valence-corrected chi connectivity index (χ3v) is 4.19. The molecule has 0 aliphatic heterocycles. The Bertz CT molecular complexity index is 514. The van der Waals surface area contributed by atoms with E-state index in [0.29, 0.717) is 0 Å². The van der Waals surface area contributed by atoms with Gasteiger partial charge in [-0.15, -0.1) is 11.3 Å². The van der Waals surface area contributed by atoms with Crippen molar-refractivity contribution in [2.45, 2.75) is 25.3 Å². The number of hydrogen-bond acceptors (Lipinski definition) is 4. The Hall–Kier alpha value is -1.20. The van der Waals surface area contributed by atoms with Crippen molar-refractivity contribution in [2.75, 3.05) is 0 Å². The fraction of sp³-hybridized carbons (Fsp3) is 0.455. The van der Waals surface area contributed by atoms with Crippen LogP contribution in [0.15, 0.2) is 12.5 Å². The first-order valence-electron chi connectivity index (χ1n) is 5.47. The highest BCUT2D eigenvalue weighted by Crippen LogP contribution is 2.35. The van der Waals surface area contributed by atoms with Crippen LogP contribution in [0.2, 0.25) is 0 Å². The average Bonchev–Trinajstić information content (AvgIpc) is 2.84. The molecule has 1 atom stereocenters. The highest BCUT2D eigenvalue weighted by Gasteiger charge is 2.22. The second kappa shape index (κ2) is 3.68. The molecule has 0 fully saturated rings. The van der Waals surface area contributed by atoms with E-state index in [2.05, 4.69) is 9.97 Å². The van der Waals surface area contributed by atoms with Crippen LogP contribution in [0, 0.1) is 0 Å².